The summed E-state index contributed by atoms with van der Waals surface area (Å²) in [7, 11) is -1.99. The van der Waals surface area contributed by atoms with Crippen LogP contribution in [0.25, 0.3) is 33.2 Å². The van der Waals surface area contributed by atoms with Crippen molar-refractivity contribution in [3.05, 3.63) is 78.6 Å². The van der Waals surface area contributed by atoms with Crippen molar-refractivity contribution >= 4 is 32.0 Å². The Hall–Kier alpha value is -3.66. The van der Waals surface area contributed by atoms with Crippen LogP contribution in [0.15, 0.2) is 78.0 Å². The average Bonchev–Trinajstić information content (AvgIpc) is 3.55. The van der Waals surface area contributed by atoms with Gasteiger partial charge in [0.15, 0.2) is 11.4 Å². The Bertz CT molecular complexity index is 1770. The number of aryl methyl sites for hydroxylation is 2. The first-order valence-corrected chi connectivity index (χ1v) is 13.9. The lowest BCUT2D eigenvalue weighted by atomic mass is 10.1. The molecule has 0 aliphatic carbocycles. The molecule has 0 bridgehead atoms. The number of rotatable bonds is 6. The Morgan fingerprint density at radius 3 is 2.63 bits per heavy atom. The van der Waals surface area contributed by atoms with Crippen LogP contribution in [0.3, 0.4) is 0 Å². The number of fused-ring (bicyclic) bond motifs is 2. The summed E-state index contributed by atoms with van der Waals surface area (Å²) in [5.74, 6) is 0.0510. The van der Waals surface area contributed by atoms with E-state index in [0.29, 0.717) is 30.3 Å². The number of hydrogen-bond acceptors (Lipinski definition) is 6. The van der Waals surface area contributed by atoms with Gasteiger partial charge in [0.1, 0.15) is 18.5 Å². The molecule has 196 valence electrons. The van der Waals surface area contributed by atoms with E-state index in [2.05, 4.69) is 4.98 Å². The topological polar surface area (TPSA) is 84.6 Å². The van der Waals surface area contributed by atoms with Crippen LogP contribution >= 0.6 is 0 Å². The summed E-state index contributed by atoms with van der Waals surface area (Å²) in [6.45, 7) is 6.51. The SMILES string of the molecule is Cc1ccc(S(=O)(=O)n2c(-c3cn(C)c4ccc(OC[C@@H]5COC(C)(C)O5)cc34)cc3cccnc32)cc1. The highest BCUT2D eigenvalue weighted by Crippen LogP contribution is 2.37. The molecule has 1 atom stereocenters. The van der Waals surface area contributed by atoms with Gasteiger partial charge in [-0.15, -0.1) is 0 Å². The molecular weight excluding hydrogens is 502 g/mol. The maximum atomic E-state index is 14.0. The standard InChI is InChI=1S/C29H29N3O5S/c1-19-7-10-23(11-8-19)38(33,34)32-27(14-20-6-5-13-30-28(20)32)25-16-31(4)26-12-9-21(15-24(25)26)35-17-22-18-36-29(2,3)37-22/h5-16,22H,17-18H2,1-4H3/t22-/m1/s1. The second-order valence-electron chi connectivity index (χ2n) is 10.1. The van der Waals surface area contributed by atoms with Gasteiger partial charge in [-0.25, -0.2) is 17.4 Å². The molecule has 1 saturated heterocycles. The summed E-state index contributed by atoms with van der Waals surface area (Å²) in [5, 5.41) is 1.61. The highest BCUT2D eigenvalue weighted by atomic mass is 32.2. The molecule has 0 unspecified atom stereocenters. The van der Waals surface area contributed by atoms with Crippen LogP contribution in [0.2, 0.25) is 0 Å². The molecule has 0 saturated carbocycles. The fourth-order valence-electron chi connectivity index (χ4n) is 4.96. The molecule has 4 heterocycles. The Morgan fingerprint density at radius 1 is 1.11 bits per heavy atom. The van der Waals surface area contributed by atoms with Crippen LogP contribution in [-0.2, 0) is 26.5 Å². The van der Waals surface area contributed by atoms with E-state index in [-0.39, 0.29) is 11.0 Å². The smallest absolute Gasteiger partial charge is 0.269 e. The van der Waals surface area contributed by atoms with Gasteiger partial charge in [-0.2, -0.15) is 0 Å². The lowest BCUT2D eigenvalue weighted by Crippen LogP contribution is -2.25. The molecule has 6 rings (SSSR count). The minimum atomic E-state index is -3.94. The van der Waals surface area contributed by atoms with E-state index in [1.807, 2.05) is 68.9 Å². The largest absolute Gasteiger partial charge is 0.491 e. The molecule has 9 heteroatoms. The molecule has 38 heavy (non-hydrogen) atoms. The van der Waals surface area contributed by atoms with Crippen molar-refractivity contribution < 1.29 is 22.6 Å². The molecule has 0 N–H and O–H groups in total. The number of benzene rings is 2. The van der Waals surface area contributed by atoms with Gasteiger partial charge < -0.3 is 18.8 Å². The summed E-state index contributed by atoms with van der Waals surface area (Å²) < 4.78 is 48.9. The first-order chi connectivity index (χ1) is 18.1. The van der Waals surface area contributed by atoms with Crippen LogP contribution in [-0.4, -0.2) is 47.0 Å². The van der Waals surface area contributed by atoms with Gasteiger partial charge >= 0.3 is 0 Å². The van der Waals surface area contributed by atoms with E-state index in [4.69, 9.17) is 14.2 Å². The predicted octanol–water partition coefficient (Wildman–Crippen LogP) is 5.27. The third-order valence-corrected chi connectivity index (χ3v) is 8.54. The number of ether oxygens (including phenoxy) is 3. The number of hydrogen-bond donors (Lipinski definition) is 0. The molecule has 5 aromatic rings. The minimum Gasteiger partial charge on any atom is -0.491 e. The molecule has 0 spiro atoms. The van der Waals surface area contributed by atoms with Gasteiger partial charge in [-0.05, 0) is 69.3 Å². The van der Waals surface area contributed by atoms with Crippen LogP contribution in [0.1, 0.15) is 19.4 Å². The van der Waals surface area contributed by atoms with Gasteiger partial charge in [0, 0.05) is 41.3 Å². The van der Waals surface area contributed by atoms with E-state index in [9.17, 15) is 8.42 Å². The second-order valence-corrected chi connectivity index (χ2v) is 11.9. The highest BCUT2D eigenvalue weighted by Gasteiger charge is 2.33. The maximum Gasteiger partial charge on any atom is 0.269 e. The Morgan fingerprint density at radius 2 is 1.89 bits per heavy atom. The van der Waals surface area contributed by atoms with Gasteiger partial charge in [0.05, 0.1) is 17.2 Å². The van der Waals surface area contributed by atoms with Gasteiger partial charge in [0.2, 0.25) is 0 Å². The molecule has 2 aromatic carbocycles. The van der Waals surface area contributed by atoms with Gasteiger partial charge in [-0.1, -0.05) is 17.7 Å². The zero-order valence-corrected chi connectivity index (χ0v) is 22.5. The molecule has 1 fully saturated rings. The first-order valence-electron chi connectivity index (χ1n) is 12.5. The quantitative estimate of drug-likeness (QED) is 0.297. The van der Waals surface area contributed by atoms with E-state index in [0.717, 1.165) is 27.4 Å². The fraction of sp³-hybridized carbons (Fsp3) is 0.276. The van der Waals surface area contributed by atoms with E-state index < -0.39 is 15.8 Å². The van der Waals surface area contributed by atoms with Crippen LogP contribution in [0.5, 0.6) is 5.75 Å². The summed E-state index contributed by atoms with van der Waals surface area (Å²) >= 11 is 0. The van der Waals surface area contributed by atoms with Crippen LogP contribution in [0.4, 0.5) is 0 Å². The van der Waals surface area contributed by atoms with Crippen LogP contribution in [0, 0.1) is 6.92 Å². The zero-order chi connectivity index (χ0) is 26.7. The van der Waals surface area contributed by atoms with Crippen molar-refractivity contribution in [2.45, 2.75) is 37.6 Å². The van der Waals surface area contributed by atoms with Crippen LogP contribution < -0.4 is 4.74 Å². The number of pyridine rings is 1. The molecule has 0 amide bonds. The summed E-state index contributed by atoms with van der Waals surface area (Å²) in [6.07, 6.45) is 3.39. The van der Waals surface area contributed by atoms with Crippen molar-refractivity contribution in [2.24, 2.45) is 7.05 Å². The summed E-state index contributed by atoms with van der Waals surface area (Å²) in [5.41, 5.74) is 3.62. The first kappa shape index (κ1) is 24.7. The third kappa shape index (κ3) is 4.26. The second kappa shape index (κ2) is 8.97. The molecule has 1 aliphatic heterocycles. The van der Waals surface area contributed by atoms with E-state index in [1.165, 1.54) is 3.97 Å². The van der Waals surface area contributed by atoms with Gasteiger partial charge in [0.25, 0.3) is 10.0 Å². The van der Waals surface area contributed by atoms with Crippen molar-refractivity contribution in [3.8, 4) is 17.0 Å². The fourth-order valence-corrected chi connectivity index (χ4v) is 6.44. The Kier molecular flexibility index (Phi) is 5.82. The molecular formula is C29H29N3O5S. The monoisotopic (exact) mass is 531 g/mol. The summed E-state index contributed by atoms with van der Waals surface area (Å²) in [6, 6.07) is 18.3. The number of nitrogens with zero attached hydrogens (tertiary/aromatic N) is 3. The molecule has 8 nitrogen and oxygen atoms in total. The maximum absolute atomic E-state index is 14.0. The normalized spacial score (nSPS) is 17.4. The third-order valence-electron chi connectivity index (χ3n) is 6.82. The van der Waals surface area contributed by atoms with E-state index in [1.54, 1.807) is 36.5 Å². The van der Waals surface area contributed by atoms with E-state index >= 15 is 0 Å². The Balaban J connectivity index is 1.47. The van der Waals surface area contributed by atoms with Crippen molar-refractivity contribution in [1.82, 2.24) is 13.5 Å². The molecule has 1 aliphatic rings. The zero-order valence-electron chi connectivity index (χ0n) is 21.7. The molecule has 0 radical (unpaired) electrons. The van der Waals surface area contributed by atoms with Crippen molar-refractivity contribution in [2.75, 3.05) is 13.2 Å². The Labute approximate surface area is 221 Å². The number of aromatic nitrogens is 3. The van der Waals surface area contributed by atoms with Crippen molar-refractivity contribution in [3.63, 3.8) is 0 Å². The van der Waals surface area contributed by atoms with Crippen molar-refractivity contribution in [1.29, 1.82) is 0 Å². The highest BCUT2D eigenvalue weighted by molar-refractivity contribution is 7.90. The summed E-state index contributed by atoms with van der Waals surface area (Å²) in [4.78, 5) is 4.66. The minimum absolute atomic E-state index is 0.163. The molecule has 3 aromatic heterocycles. The average molecular weight is 532 g/mol. The lowest BCUT2D eigenvalue weighted by molar-refractivity contribution is -0.141. The van der Waals surface area contributed by atoms with Gasteiger partial charge in [-0.3, -0.25) is 0 Å². The lowest BCUT2D eigenvalue weighted by Gasteiger charge is -2.17. The predicted molar refractivity (Wildman–Crippen MR) is 146 cm³/mol.